The summed E-state index contributed by atoms with van der Waals surface area (Å²) in [5.74, 6) is 1.44. The van der Waals surface area contributed by atoms with Gasteiger partial charge in [-0.25, -0.2) is 9.97 Å². The molecule has 33 heavy (non-hydrogen) atoms. The average molecular weight is 469 g/mol. The molecule has 0 radical (unpaired) electrons. The van der Waals surface area contributed by atoms with E-state index >= 15 is 0 Å². The second kappa shape index (κ2) is 8.57. The van der Waals surface area contributed by atoms with Crippen LogP contribution in [0, 0.1) is 5.41 Å². The maximum atomic E-state index is 13.2. The third kappa shape index (κ3) is 4.42. The molecule has 1 amide bonds. The average Bonchev–Trinajstić information content (AvgIpc) is 3.60. The molecule has 3 N–H and O–H groups in total. The fourth-order valence-corrected chi connectivity index (χ4v) is 5.18. The van der Waals surface area contributed by atoms with Crippen molar-refractivity contribution in [2.75, 3.05) is 11.9 Å². The van der Waals surface area contributed by atoms with Gasteiger partial charge in [-0.1, -0.05) is 23.7 Å². The van der Waals surface area contributed by atoms with Gasteiger partial charge in [0.1, 0.15) is 5.82 Å². The van der Waals surface area contributed by atoms with Gasteiger partial charge in [0.05, 0.1) is 46.9 Å². The molecule has 1 aromatic carbocycles. The van der Waals surface area contributed by atoms with Crippen LogP contribution in [0.2, 0.25) is 5.02 Å². The van der Waals surface area contributed by atoms with Crippen molar-refractivity contribution in [2.24, 2.45) is 0 Å². The summed E-state index contributed by atoms with van der Waals surface area (Å²) in [6.07, 6.45) is 7.62. The molecular formula is C24H29ClN6O2. The Balaban J connectivity index is 1.35. The number of benzene rings is 1. The Labute approximate surface area is 198 Å². The monoisotopic (exact) mass is 468 g/mol. The number of aromatic nitrogens is 2. The summed E-state index contributed by atoms with van der Waals surface area (Å²) in [4.78, 5) is 23.7. The number of rotatable bonds is 5. The van der Waals surface area contributed by atoms with Crippen LogP contribution in [-0.2, 0) is 15.1 Å². The van der Waals surface area contributed by atoms with Gasteiger partial charge in [-0.2, -0.15) is 0 Å². The minimum Gasteiger partial charge on any atom is -0.378 e. The van der Waals surface area contributed by atoms with Crippen LogP contribution in [0.3, 0.4) is 0 Å². The maximum absolute atomic E-state index is 13.2. The van der Waals surface area contributed by atoms with E-state index < -0.39 is 5.54 Å². The number of nitrogens with zero attached hydrogens (tertiary/aromatic N) is 3. The Morgan fingerprint density at radius 1 is 1.27 bits per heavy atom. The number of halogens is 1. The highest BCUT2D eigenvalue weighted by Crippen LogP contribution is 2.40. The summed E-state index contributed by atoms with van der Waals surface area (Å²) in [6.45, 7) is 4.53. The lowest BCUT2D eigenvalue weighted by Crippen LogP contribution is -2.63. The van der Waals surface area contributed by atoms with Crippen molar-refractivity contribution >= 4 is 34.8 Å². The van der Waals surface area contributed by atoms with Crippen LogP contribution in [0.15, 0.2) is 30.6 Å². The molecule has 2 aliphatic heterocycles. The molecule has 1 aliphatic carbocycles. The molecule has 9 heteroatoms. The molecule has 8 nitrogen and oxygen atoms in total. The Morgan fingerprint density at radius 3 is 2.70 bits per heavy atom. The molecule has 5 rings (SSSR count). The van der Waals surface area contributed by atoms with E-state index in [2.05, 4.69) is 20.6 Å². The molecule has 3 aliphatic rings. The normalized spacial score (nSPS) is 27.9. The first-order valence-electron chi connectivity index (χ1n) is 11.5. The fraction of sp³-hybridized carbons (Fsp3) is 0.500. The van der Waals surface area contributed by atoms with Crippen molar-refractivity contribution < 1.29 is 9.53 Å². The first-order chi connectivity index (χ1) is 15.8. The van der Waals surface area contributed by atoms with E-state index in [1.807, 2.05) is 32.0 Å². The van der Waals surface area contributed by atoms with E-state index in [9.17, 15) is 4.79 Å². The summed E-state index contributed by atoms with van der Waals surface area (Å²) in [5.41, 5.74) is 1.44. The number of ether oxygens (including phenoxy) is 1. The number of carbonyl (C=O) groups is 1. The van der Waals surface area contributed by atoms with Gasteiger partial charge in [0.2, 0.25) is 5.91 Å². The molecule has 1 saturated carbocycles. The minimum absolute atomic E-state index is 0.0205. The standard InChI is InChI=1S/C24H29ClN6O2/c1-14-10-17(8-9-33-14)31-20(32)11-24(2,30-23(31)26)18-4-3-5-19(21(18)25)29-16-12-27-22(28-13-16)15-6-7-15/h3-5,12-15,17,29H,6-11H2,1-2H3,(H2,26,30)/t14-,17-,24+/m1/s1. The lowest BCUT2D eigenvalue weighted by molar-refractivity contribution is -0.134. The van der Waals surface area contributed by atoms with Crippen molar-refractivity contribution in [3.63, 3.8) is 0 Å². The largest absolute Gasteiger partial charge is 0.378 e. The highest BCUT2D eigenvalue weighted by Gasteiger charge is 2.43. The van der Waals surface area contributed by atoms with E-state index in [4.69, 9.17) is 21.7 Å². The van der Waals surface area contributed by atoms with Crippen LogP contribution in [0.5, 0.6) is 0 Å². The quantitative estimate of drug-likeness (QED) is 0.604. The third-order valence-corrected chi connectivity index (χ3v) is 7.12. The number of carbonyl (C=O) groups excluding carboxylic acids is 1. The predicted octanol–water partition coefficient (Wildman–Crippen LogP) is 4.29. The topological polar surface area (TPSA) is 103 Å². The zero-order chi connectivity index (χ0) is 23.2. The summed E-state index contributed by atoms with van der Waals surface area (Å²) in [6, 6.07) is 5.67. The van der Waals surface area contributed by atoms with E-state index in [-0.39, 0.29) is 30.4 Å². The molecule has 2 aromatic rings. The fourth-order valence-electron chi connectivity index (χ4n) is 4.80. The molecule has 3 heterocycles. The second-order valence-corrected chi connectivity index (χ2v) is 9.88. The first-order valence-corrected chi connectivity index (χ1v) is 11.9. The van der Waals surface area contributed by atoms with Crippen LogP contribution < -0.4 is 10.6 Å². The molecular weight excluding hydrogens is 440 g/mol. The maximum Gasteiger partial charge on any atom is 0.232 e. The summed E-state index contributed by atoms with van der Waals surface area (Å²) < 4.78 is 5.62. The number of nitrogens with one attached hydrogen (secondary N) is 3. The van der Waals surface area contributed by atoms with Crippen LogP contribution in [0.1, 0.15) is 63.3 Å². The van der Waals surface area contributed by atoms with Crippen LogP contribution in [0.4, 0.5) is 11.4 Å². The van der Waals surface area contributed by atoms with Gasteiger partial charge in [-0.15, -0.1) is 0 Å². The molecule has 2 saturated heterocycles. The molecule has 3 atom stereocenters. The minimum atomic E-state index is -0.789. The predicted molar refractivity (Wildman–Crippen MR) is 127 cm³/mol. The van der Waals surface area contributed by atoms with Gasteiger partial charge in [-0.05, 0) is 51.2 Å². The molecule has 3 fully saturated rings. The zero-order valence-electron chi connectivity index (χ0n) is 18.9. The number of guanidine groups is 1. The van der Waals surface area contributed by atoms with Gasteiger partial charge in [0.25, 0.3) is 0 Å². The van der Waals surface area contributed by atoms with E-state index in [0.29, 0.717) is 23.2 Å². The lowest BCUT2D eigenvalue weighted by atomic mass is 9.85. The van der Waals surface area contributed by atoms with Crippen LogP contribution >= 0.6 is 11.6 Å². The first kappa shape index (κ1) is 22.1. The number of amides is 1. The van der Waals surface area contributed by atoms with Gasteiger partial charge >= 0.3 is 0 Å². The molecule has 0 unspecified atom stereocenters. The second-order valence-electron chi connectivity index (χ2n) is 9.50. The molecule has 1 aromatic heterocycles. The number of hydrogen-bond donors (Lipinski definition) is 3. The Bertz CT molecular complexity index is 1050. The van der Waals surface area contributed by atoms with Crippen LogP contribution in [0.25, 0.3) is 0 Å². The summed E-state index contributed by atoms with van der Waals surface area (Å²) >= 11 is 6.82. The Kier molecular flexibility index (Phi) is 5.74. The van der Waals surface area contributed by atoms with Crippen molar-refractivity contribution in [2.45, 2.75) is 69.6 Å². The molecule has 0 bridgehead atoms. The van der Waals surface area contributed by atoms with E-state index in [0.717, 1.165) is 42.8 Å². The van der Waals surface area contributed by atoms with E-state index in [1.54, 1.807) is 17.3 Å². The molecule has 174 valence electrons. The van der Waals surface area contributed by atoms with Crippen molar-refractivity contribution in [3.8, 4) is 0 Å². The third-order valence-electron chi connectivity index (χ3n) is 6.72. The highest BCUT2D eigenvalue weighted by molar-refractivity contribution is 6.34. The Hall–Kier alpha value is -2.71. The van der Waals surface area contributed by atoms with Crippen LogP contribution in [-0.4, -0.2) is 45.5 Å². The van der Waals surface area contributed by atoms with Crippen molar-refractivity contribution in [1.82, 2.24) is 20.2 Å². The van der Waals surface area contributed by atoms with Gasteiger partial charge in [-0.3, -0.25) is 15.1 Å². The molecule has 0 spiro atoms. The number of hydrogen-bond acceptors (Lipinski definition) is 6. The van der Waals surface area contributed by atoms with Gasteiger partial charge in [0, 0.05) is 18.6 Å². The summed E-state index contributed by atoms with van der Waals surface area (Å²) in [7, 11) is 0. The van der Waals surface area contributed by atoms with Crippen molar-refractivity contribution in [3.05, 3.63) is 47.0 Å². The lowest BCUT2D eigenvalue weighted by Gasteiger charge is -2.45. The number of anilines is 2. The SMILES string of the molecule is C[C@@H]1C[C@H](N2C(=N)N[C@](C)(c3cccc(Nc4cnc(C5CC5)nc4)c3Cl)CC2=O)CCO1. The zero-order valence-corrected chi connectivity index (χ0v) is 19.7. The summed E-state index contributed by atoms with van der Waals surface area (Å²) in [5, 5.41) is 15.7. The van der Waals surface area contributed by atoms with E-state index in [1.165, 1.54) is 0 Å². The highest BCUT2D eigenvalue weighted by atomic mass is 35.5. The smallest absolute Gasteiger partial charge is 0.232 e. The van der Waals surface area contributed by atoms with Gasteiger partial charge in [0.15, 0.2) is 5.96 Å². The van der Waals surface area contributed by atoms with Gasteiger partial charge < -0.3 is 15.4 Å². The van der Waals surface area contributed by atoms with Crippen molar-refractivity contribution in [1.29, 1.82) is 5.41 Å². The Morgan fingerprint density at radius 2 is 2.03 bits per heavy atom.